The molecule has 1 aliphatic heterocycles. The van der Waals surface area contributed by atoms with Gasteiger partial charge in [-0.25, -0.2) is 4.90 Å². The van der Waals surface area contributed by atoms with Crippen molar-refractivity contribution >= 4 is 29.1 Å². The number of aryl methyl sites for hydroxylation is 1. The normalized spacial score (nSPS) is 27.8. The monoisotopic (exact) mass is 429 g/mol. The molecule has 1 fully saturated rings. The van der Waals surface area contributed by atoms with Gasteiger partial charge in [-0.3, -0.25) is 9.59 Å². The molecule has 0 saturated carbocycles. The molecule has 2 amide bonds. The van der Waals surface area contributed by atoms with Crippen LogP contribution in [0.4, 0.5) is 5.69 Å². The molecule has 0 aromatic heterocycles. The number of hydrogen-bond acceptors (Lipinski definition) is 3. The van der Waals surface area contributed by atoms with Crippen LogP contribution >= 0.6 is 11.6 Å². The molecule has 3 aromatic rings. The summed E-state index contributed by atoms with van der Waals surface area (Å²) in [6.45, 7) is 1.64. The standard InChI is InChI=1S/C26H20ClNO3/c1-14-10-11-15(12-20(14)27)28-24(30)22-21-16-6-2-4-8-18(16)26(13-29,23(22)25(28)31)19-9-5-3-7-17(19)21/h2-12,21-23,29H,13H2,1H3/t21?,22-,23-,26?/m1/s1. The van der Waals surface area contributed by atoms with Crippen LogP contribution in [0, 0.1) is 18.8 Å². The SMILES string of the molecule is Cc1ccc(N2C(=O)[C@@H]3C4c5ccccc5C(CO)(c5ccccc54)[C@H]3C2=O)cc1Cl. The van der Waals surface area contributed by atoms with Crippen LogP contribution in [-0.4, -0.2) is 23.5 Å². The summed E-state index contributed by atoms with van der Waals surface area (Å²) in [5.41, 5.74) is 4.39. The molecule has 31 heavy (non-hydrogen) atoms. The fourth-order valence-corrected chi connectivity index (χ4v) is 6.35. The third-order valence-corrected chi connectivity index (χ3v) is 7.86. The molecule has 3 aliphatic carbocycles. The van der Waals surface area contributed by atoms with Gasteiger partial charge in [0.25, 0.3) is 0 Å². The number of halogens is 1. The molecule has 7 rings (SSSR count). The van der Waals surface area contributed by atoms with Crippen LogP contribution in [0.3, 0.4) is 0 Å². The van der Waals surface area contributed by atoms with Crippen LogP contribution in [-0.2, 0) is 15.0 Å². The van der Waals surface area contributed by atoms with E-state index in [2.05, 4.69) is 0 Å². The first kappa shape index (κ1) is 18.8. The second-order valence-electron chi connectivity index (χ2n) is 8.73. The van der Waals surface area contributed by atoms with E-state index in [9.17, 15) is 14.7 Å². The Hall–Kier alpha value is -2.95. The highest BCUT2D eigenvalue weighted by Crippen LogP contribution is 2.64. The summed E-state index contributed by atoms with van der Waals surface area (Å²) < 4.78 is 0. The van der Waals surface area contributed by atoms with E-state index >= 15 is 0 Å². The van der Waals surface area contributed by atoms with Crippen molar-refractivity contribution in [2.45, 2.75) is 18.3 Å². The van der Waals surface area contributed by atoms with Crippen molar-refractivity contribution in [2.24, 2.45) is 11.8 Å². The third-order valence-electron chi connectivity index (χ3n) is 7.46. The van der Waals surface area contributed by atoms with Crippen LogP contribution in [0.25, 0.3) is 0 Å². The highest BCUT2D eigenvalue weighted by Gasteiger charge is 2.68. The van der Waals surface area contributed by atoms with Gasteiger partial charge in [0.05, 0.1) is 29.5 Å². The van der Waals surface area contributed by atoms with Crippen molar-refractivity contribution in [3.05, 3.63) is 99.6 Å². The number of rotatable bonds is 2. The van der Waals surface area contributed by atoms with E-state index in [1.54, 1.807) is 12.1 Å². The smallest absolute Gasteiger partial charge is 0.239 e. The fraction of sp³-hybridized carbons (Fsp3) is 0.231. The molecule has 3 aromatic carbocycles. The van der Waals surface area contributed by atoms with Crippen molar-refractivity contribution < 1.29 is 14.7 Å². The summed E-state index contributed by atoms with van der Waals surface area (Å²) in [5.74, 6) is -1.91. The molecule has 1 saturated heterocycles. The summed E-state index contributed by atoms with van der Waals surface area (Å²) in [7, 11) is 0. The first-order valence-corrected chi connectivity index (χ1v) is 10.8. The zero-order chi connectivity index (χ0) is 21.5. The van der Waals surface area contributed by atoms with Gasteiger partial charge < -0.3 is 5.11 Å². The zero-order valence-electron chi connectivity index (χ0n) is 16.9. The van der Waals surface area contributed by atoms with E-state index in [0.29, 0.717) is 10.7 Å². The first-order chi connectivity index (χ1) is 15.0. The highest BCUT2D eigenvalue weighted by molar-refractivity contribution is 6.32. The number of amides is 2. The maximum Gasteiger partial charge on any atom is 0.239 e. The predicted octanol–water partition coefficient (Wildman–Crippen LogP) is 4.19. The number of nitrogens with zero attached hydrogens (tertiary/aromatic N) is 1. The van der Waals surface area contributed by atoms with Crippen molar-refractivity contribution in [2.75, 3.05) is 11.5 Å². The van der Waals surface area contributed by atoms with Gasteiger partial charge in [0.15, 0.2) is 0 Å². The van der Waals surface area contributed by atoms with Gasteiger partial charge in [-0.15, -0.1) is 0 Å². The molecular formula is C26H20ClNO3. The molecule has 4 nitrogen and oxygen atoms in total. The number of carbonyl (C=O) groups is 2. The van der Waals surface area contributed by atoms with E-state index in [-0.39, 0.29) is 24.3 Å². The van der Waals surface area contributed by atoms with Crippen LogP contribution in [0.1, 0.15) is 33.7 Å². The lowest BCUT2D eigenvalue weighted by molar-refractivity contribution is -0.124. The topological polar surface area (TPSA) is 57.6 Å². The average molecular weight is 430 g/mol. The lowest BCUT2D eigenvalue weighted by atomic mass is 9.47. The van der Waals surface area contributed by atoms with E-state index in [0.717, 1.165) is 27.8 Å². The predicted molar refractivity (Wildman–Crippen MR) is 118 cm³/mol. The van der Waals surface area contributed by atoms with Gasteiger partial charge in [0.1, 0.15) is 0 Å². The van der Waals surface area contributed by atoms with Gasteiger partial charge in [-0.2, -0.15) is 0 Å². The van der Waals surface area contributed by atoms with E-state index in [1.165, 1.54) is 4.90 Å². The minimum Gasteiger partial charge on any atom is -0.395 e. The number of carbonyl (C=O) groups excluding carboxylic acids is 2. The zero-order valence-corrected chi connectivity index (χ0v) is 17.6. The second kappa shape index (κ2) is 6.28. The van der Waals surface area contributed by atoms with Gasteiger partial charge in [-0.05, 0) is 46.9 Å². The molecule has 0 unspecified atom stereocenters. The Labute approximate surface area is 185 Å². The Kier molecular flexibility index (Phi) is 3.81. The Bertz CT molecular complexity index is 1240. The number of anilines is 1. The van der Waals surface area contributed by atoms with Crippen LogP contribution in [0.5, 0.6) is 0 Å². The Morgan fingerprint density at radius 2 is 1.55 bits per heavy atom. The quantitative estimate of drug-likeness (QED) is 0.621. The molecule has 0 radical (unpaired) electrons. The lowest BCUT2D eigenvalue weighted by Crippen LogP contribution is -2.55. The Morgan fingerprint density at radius 3 is 2.13 bits per heavy atom. The molecule has 0 spiro atoms. The Morgan fingerprint density at radius 1 is 0.935 bits per heavy atom. The maximum atomic E-state index is 13.9. The summed E-state index contributed by atoms with van der Waals surface area (Å²) in [6.07, 6.45) is 0. The van der Waals surface area contributed by atoms with Crippen molar-refractivity contribution in [1.82, 2.24) is 0 Å². The van der Waals surface area contributed by atoms with Crippen molar-refractivity contribution in [3.63, 3.8) is 0 Å². The van der Waals surface area contributed by atoms with Gasteiger partial charge >= 0.3 is 0 Å². The lowest BCUT2D eigenvalue weighted by Gasteiger charge is -2.53. The van der Waals surface area contributed by atoms with Gasteiger partial charge in [-0.1, -0.05) is 66.2 Å². The van der Waals surface area contributed by atoms with E-state index in [4.69, 9.17) is 11.6 Å². The van der Waals surface area contributed by atoms with E-state index < -0.39 is 17.3 Å². The summed E-state index contributed by atoms with van der Waals surface area (Å²) in [6, 6.07) is 21.1. The van der Waals surface area contributed by atoms with Crippen LogP contribution in [0.15, 0.2) is 66.7 Å². The largest absolute Gasteiger partial charge is 0.395 e. The summed E-state index contributed by atoms with van der Waals surface area (Å²) in [5, 5.41) is 11.4. The number of imide groups is 1. The molecule has 1 heterocycles. The third kappa shape index (κ3) is 2.14. The Balaban J connectivity index is 1.62. The molecule has 2 bridgehead atoms. The highest BCUT2D eigenvalue weighted by atomic mass is 35.5. The molecule has 154 valence electrons. The molecule has 1 N–H and O–H groups in total. The molecular weight excluding hydrogens is 410 g/mol. The van der Waals surface area contributed by atoms with Crippen LogP contribution < -0.4 is 4.90 Å². The van der Waals surface area contributed by atoms with Crippen molar-refractivity contribution in [3.8, 4) is 0 Å². The molecule has 2 atom stereocenters. The molecule has 5 heteroatoms. The minimum absolute atomic E-state index is 0.215. The minimum atomic E-state index is -0.942. The first-order valence-electron chi connectivity index (χ1n) is 10.4. The summed E-state index contributed by atoms with van der Waals surface area (Å²) >= 11 is 6.32. The number of aliphatic hydroxyl groups is 1. The van der Waals surface area contributed by atoms with Gasteiger partial charge in [0.2, 0.25) is 11.8 Å². The van der Waals surface area contributed by atoms with E-state index in [1.807, 2.05) is 61.5 Å². The number of aliphatic hydroxyl groups excluding tert-OH is 1. The fourth-order valence-electron chi connectivity index (χ4n) is 6.17. The summed E-state index contributed by atoms with van der Waals surface area (Å²) in [4.78, 5) is 29.0. The van der Waals surface area contributed by atoms with Crippen LogP contribution in [0.2, 0.25) is 5.02 Å². The second-order valence-corrected chi connectivity index (χ2v) is 9.14. The van der Waals surface area contributed by atoms with Crippen molar-refractivity contribution in [1.29, 1.82) is 0 Å². The van der Waals surface area contributed by atoms with Gasteiger partial charge in [0, 0.05) is 10.9 Å². The molecule has 4 aliphatic rings. The number of benzene rings is 3. The number of hydrogen-bond donors (Lipinski definition) is 1. The average Bonchev–Trinajstić information content (AvgIpc) is 3.07. The maximum absolute atomic E-state index is 13.9.